The van der Waals surface area contributed by atoms with E-state index in [1.165, 1.54) is 0 Å². The van der Waals surface area contributed by atoms with Gasteiger partial charge in [0.25, 0.3) is 0 Å². The molecule has 0 saturated carbocycles. The molecule has 0 bridgehead atoms. The standard InChI is InChI=1S/C36H23N4.Ir/c1-3-10-26(11-4-1)34-38-35(27-12-5-2-6-13-27)40-36(39-34)28-20-18-25(19-21-28)29-16-9-17-31(22-29)33-23-30-14-7-8-15-32(30)24-37-33;/h1-16,18-24H;/q-1;. The SMILES string of the molecule is [Ir].[c-]1ccc(-c2ccc(-c3nc(-c4ccccc4)nc(-c4ccccc4)n3)cc2)cc1-c1cc2ccccc2cn1. The molecule has 0 saturated heterocycles. The molecule has 41 heavy (non-hydrogen) atoms. The van der Waals surface area contributed by atoms with Crippen LogP contribution in [0.4, 0.5) is 0 Å². The van der Waals surface area contributed by atoms with Crippen LogP contribution in [0.15, 0.2) is 140 Å². The van der Waals surface area contributed by atoms with Crippen LogP contribution >= 0.6 is 0 Å². The van der Waals surface area contributed by atoms with Gasteiger partial charge in [-0.3, -0.25) is 0 Å². The van der Waals surface area contributed by atoms with Crippen molar-refractivity contribution in [1.29, 1.82) is 0 Å². The zero-order valence-electron chi connectivity index (χ0n) is 21.9. The molecular formula is C36H23IrN4-. The fourth-order valence-electron chi connectivity index (χ4n) is 4.77. The number of rotatable bonds is 5. The molecular weight excluding hydrogens is 681 g/mol. The third kappa shape index (κ3) is 5.59. The first-order chi connectivity index (χ1) is 19.8. The molecule has 0 atom stereocenters. The van der Waals surface area contributed by atoms with Gasteiger partial charge >= 0.3 is 0 Å². The molecule has 1 radical (unpaired) electrons. The van der Waals surface area contributed by atoms with E-state index in [-0.39, 0.29) is 20.1 Å². The largest absolute Gasteiger partial charge is 0.304 e. The molecule has 197 valence electrons. The van der Waals surface area contributed by atoms with Crippen LogP contribution in [0.3, 0.4) is 0 Å². The van der Waals surface area contributed by atoms with Gasteiger partial charge in [-0.1, -0.05) is 115 Å². The molecule has 2 aromatic heterocycles. The van der Waals surface area contributed by atoms with Crippen LogP contribution in [0, 0.1) is 6.07 Å². The van der Waals surface area contributed by atoms with Gasteiger partial charge in [0, 0.05) is 43.0 Å². The van der Waals surface area contributed by atoms with E-state index in [9.17, 15) is 0 Å². The Morgan fingerprint density at radius 3 is 1.56 bits per heavy atom. The quantitative estimate of drug-likeness (QED) is 0.169. The van der Waals surface area contributed by atoms with Crippen LogP contribution in [0.1, 0.15) is 0 Å². The third-order valence-corrected chi connectivity index (χ3v) is 6.88. The Bertz CT molecular complexity index is 1880. The molecule has 4 nitrogen and oxygen atoms in total. The van der Waals surface area contributed by atoms with E-state index in [0.717, 1.165) is 49.8 Å². The second-order valence-corrected chi connectivity index (χ2v) is 9.52. The molecule has 0 unspecified atom stereocenters. The average molecular weight is 704 g/mol. The molecule has 7 rings (SSSR count). The Hall–Kier alpha value is -4.83. The molecule has 5 aromatic carbocycles. The van der Waals surface area contributed by atoms with Gasteiger partial charge in [0.1, 0.15) is 0 Å². The van der Waals surface area contributed by atoms with E-state index in [2.05, 4.69) is 65.6 Å². The molecule has 2 heterocycles. The summed E-state index contributed by atoms with van der Waals surface area (Å²) in [5, 5.41) is 2.29. The maximum Gasteiger partial charge on any atom is 0.164 e. The predicted molar refractivity (Wildman–Crippen MR) is 161 cm³/mol. The van der Waals surface area contributed by atoms with Gasteiger partial charge in [0.15, 0.2) is 17.5 Å². The van der Waals surface area contributed by atoms with Crippen molar-refractivity contribution < 1.29 is 20.1 Å². The predicted octanol–water partition coefficient (Wildman–Crippen LogP) is 8.55. The summed E-state index contributed by atoms with van der Waals surface area (Å²) in [5.41, 5.74) is 6.90. The maximum atomic E-state index is 4.84. The Morgan fingerprint density at radius 2 is 0.951 bits per heavy atom. The number of fused-ring (bicyclic) bond motifs is 1. The molecule has 0 spiro atoms. The Labute approximate surface area is 252 Å². The minimum atomic E-state index is 0. The van der Waals surface area contributed by atoms with Gasteiger partial charge in [-0.05, 0) is 22.0 Å². The van der Waals surface area contributed by atoms with Crippen LogP contribution in [0.2, 0.25) is 0 Å². The van der Waals surface area contributed by atoms with Crippen molar-refractivity contribution in [2.24, 2.45) is 0 Å². The second-order valence-electron chi connectivity index (χ2n) is 9.52. The van der Waals surface area contributed by atoms with Crippen molar-refractivity contribution in [3.63, 3.8) is 0 Å². The van der Waals surface area contributed by atoms with Gasteiger partial charge in [0.05, 0.1) is 0 Å². The Balaban J connectivity index is 0.00000302. The van der Waals surface area contributed by atoms with Gasteiger partial charge in [-0.25, -0.2) is 15.0 Å². The van der Waals surface area contributed by atoms with Crippen molar-refractivity contribution in [2.75, 3.05) is 0 Å². The number of nitrogens with zero attached hydrogens (tertiary/aromatic N) is 4. The zero-order chi connectivity index (χ0) is 26.7. The van der Waals surface area contributed by atoms with Crippen molar-refractivity contribution >= 4 is 10.8 Å². The first kappa shape index (κ1) is 26.4. The molecule has 5 heteroatoms. The number of pyridine rings is 1. The van der Waals surface area contributed by atoms with E-state index < -0.39 is 0 Å². The fourth-order valence-corrected chi connectivity index (χ4v) is 4.77. The van der Waals surface area contributed by atoms with E-state index >= 15 is 0 Å². The van der Waals surface area contributed by atoms with Crippen molar-refractivity contribution in [3.05, 3.63) is 146 Å². The summed E-state index contributed by atoms with van der Waals surface area (Å²) in [7, 11) is 0. The monoisotopic (exact) mass is 704 g/mol. The summed E-state index contributed by atoms with van der Waals surface area (Å²) < 4.78 is 0. The maximum absolute atomic E-state index is 4.84. The van der Waals surface area contributed by atoms with Crippen LogP contribution in [-0.2, 0) is 20.1 Å². The van der Waals surface area contributed by atoms with Crippen LogP contribution in [-0.4, -0.2) is 19.9 Å². The van der Waals surface area contributed by atoms with Crippen LogP contribution < -0.4 is 0 Å². The second kappa shape index (κ2) is 11.7. The van der Waals surface area contributed by atoms with Crippen molar-refractivity contribution in [1.82, 2.24) is 19.9 Å². The average Bonchev–Trinajstić information content (AvgIpc) is 3.05. The smallest absolute Gasteiger partial charge is 0.164 e. The first-order valence-electron chi connectivity index (χ1n) is 13.1. The van der Waals surface area contributed by atoms with Crippen LogP contribution in [0.5, 0.6) is 0 Å². The number of hydrogen-bond acceptors (Lipinski definition) is 4. The Morgan fingerprint density at radius 1 is 0.439 bits per heavy atom. The number of aromatic nitrogens is 4. The van der Waals surface area contributed by atoms with Gasteiger partial charge in [-0.2, -0.15) is 0 Å². The Kier molecular flexibility index (Phi) is 7.55. The molecule has 0 N–H and O–H groups in total. The van der Waals surface area contributed by atoms with Crippen LogP contribution in [0.25, 0.3) is 67.3 Å². The van der Waals surface area contributed by atoms with Gasteiger partial charge in [0.2, 0.25) is 0 Å². The molecule has 0 aliphatic heterocycles. The minimum Gasteiger partial charge on any atom is -0.304 e. The summed E-state index contributed by atoms with van der Waals surface area (Å²) in [6, 6.07) is 48.3. The van der Waals surface area contributed by atoms with Crippen molar-refractivity contribution in [2.45, 2.75) is 0 Å². The molecule has 7 aromatic rings. The molecule has 0 aliphatic rings. The summed E-state index contributed by atoms with van der Waals surface area (Å²) in [5.74, 6) is 1.95. The van der Waals surface area contributed by atoms with E-state index in [1.54, 1.807) is 0 Å². The normalized spacial score (nSPS) is 10.7. The van der Waals surface area contributed by atoms with Gasteiger partial charge < -0.3 is 4.98 Å². The molecule has 0 fully saturated rings. The summed E-state index contributed by atoms with van der Waals surface area (Å²) in [4.78, 5) is 19.2. The topological polar surface area (TPSA) is 51.6 Å². The molecule has 0 amide bonds. The van der Waals surface area contributed by atoms with E-state index in [0.29, 0.717) is 17.5 Å². The van der Waals surface area contributed by atoms with Gasteiger partial charge in [-0.15, -0.1) is 35.4 Å². The van der Waals surface area contributed by atoms with E-state index in [1.807, 2.05) is 85.1 Å². The summed E-state index contributed by atoms with van der Waals surface area (Å²) in [6.45, 7) is 0. The minimum absolute atomic E-state index is 0. The van der Waals surface area contributed by atoms with Crippen molar-refractivity contribution in [3.8, 4) is 56.5 Å². The first-order valence-corrected chi connectivity index (χ1v) is 13.1. The fraction of sp³-hybridized carbons (Fsp3) is 0. The third-order valence-electron chi connectivity index (χ3n) is 6.88. The van der Waals surface area contributed by atoms with E-state index in [4.69, 9.17) is 15.0 Å². The zero-order valence-corrected chi connectivity index (χ0v) is 24.3. The summed E-state index contributed by atoms with van der Waals surface area (Å²) >= 11 is 0. The number of benzene rings is 5. The molecule has 0 aliphatic carbocycles. The summed E-state index contributed by atoms with van der Waals surface area (Å²) in [6.07, 6.45) is 1.92. The number of hydrogen-bond donors (Lipinski definition) is 0.